The third-order valence-corrected chi connectivity index (χ3v) is 4.70. The zero-order chi connectivity index (χ0) is 17.5. The Hall–Kier alpha value is 0.860. The predicted molar refractivity (Wildman–Crippen MR) is 133 cm³/mol. The van der Waals surface area contributed by atoms with Crippen molar-refractivity contribution in [2.45, 2.75) is 18.2 Å². The molecule has 0 bridgehead atoms. The molecule has 2 aromatic heterocycles. The summed E-state index contributed by atoms with van der Waals surface area (Å²) in [4.78, 5) is 1.25. The van der Waals surface area contributed by atoms with Crippen LogP contribution in [0.2, 0.25) is 0 Å². The standard InChI is InChI=1S/C15H14BrN3S.CHI3/c1-2-9-20-13-6-4-3-5-12(13)15-18-17-14-8-7-11(16)10-19(14)15;2-1(3)4/h3-8,10H,2,9H2,1H3;1H. The molecule has 0 atom stereocenters. The summed E-state index contributed by atoms with van der Waals surface area (Å²) in [6, 6.07) is 12.3. The molecular formula is C16H15BrI3N3S. The largest absolute Gasteiger partial charge is 0.281 e. The van der Waals surface area contributed by atoms with Gasteiger partial charge in [0, 0.05) is 21.1 Å². The summed E-state index contributed by atoms with van der Waals surface area (Å²) in [5.74, 6) is 2.00. The highest BCUT2D eigenvalue weighted by Gasteiger charge is 2.12. The van der Waals surface area contributed by atoms with Crippen LogP contribution in [0.15, 0.2) is 52.0 Å². The summed E-state index contributed by atoms with van der Waals surface area (Å²) in [6.45, 7) is 2.19. The number of thioether (sulfide) groups is 1. The smallest absolute Gasteiger partial charge is 0.169 e. The van der Waals surface area contributed by atoms with Crippen molar-refractivity contribution in [2.75, 3.05) is 5.75 Å². The molecule has 0 saturated heterocycles. The number of fused-ring (bicyclic) bond motifs is 1. The highest BCUT2D eigenvalue weighted by Crippen LogP contribution is 2.31. The second-order valence-corrected chi connectivity index (χ2v) is 17.6. The fraction of sp³-hybridized carbons (Fsp3) is 0.250. The zero-order valence-electron chi connectivity index (χ0n) is 12.8. The number of hydrogen-bond acceptors (Lipinski definition) is 3. The Balaban J connectivity index is 0.000000471. The molecule has 3 aromatic rings. The zero-order valence-corrected chi connectivity index (χ0v) is 21.7. The van der Waals surface area contributed by atoms with Gasteiger partial charge < -0.3 is 0 Å². The van der Waals surface area contributed by atoms with Crippen LogP contribution in [0.1, 0.15) is 13.3 Å². The molecule has 3 nitrogen and oxygen atoms in total. The number of nitrogens with zero attached hydrogens (tertiary/aromatic N) is 3. The number of alkyl halides is 3. The van der Waals surface area contributed by atoms with Crippen molar-refractivity contribution < 1.29 is 0 Å². The summed E-state index contributed by atoms with van der Waals surface area (Å²) in [7, 11) is 0. The second kappa shape index (κ2) is 10.9. The van der Waals surface area contributed by atoms with Gasteiger partial charge in [0.15, 0.2) is 11.5 Å². The molecule has 8 heteroatoms. The van der Waals surface area contributed by atoms with Gasteiger partial charge in [-0.2, -0.15) is 0 Å². The van der Waals surface area contributed by atoms with Crippen LogP contribution in [-0.4, -0.2) is 20.3 Å². The average Bonchev–Trinajstić information content (AvgIpc) is 2.95. The van der Waals surface area contributed by atoms with Gasteiger partial charge in [-0.05, 0) is 46.3 Å². The SMILES string of the molecule is CCCSc1ccccc1-c1nnc2ccc(Br)cn12.IC(I)I. The fourth-order valence-corrected chi connectivity index (χ4v) is 3.29. The van der Waals surface area contributed by atoms with E-state index in [1.165, 1.54) is 4.90 Å². The number of rotatable bonds is 4. The van der Waals surface area contributed by atoms with Crippen LogP contribution in [0, 0.1) is 0 Å². The maximum Gasteiger partial charge on any atom is 0.169 e. The Kier molecular flexibility index (Phi) is 9.59. The lowest BCUT2D eigenvalue weighted by Crippen LogP contribution is -1.91. The van der Waals surface area contributed by atoms with Gasteiger partial charge >= 0.3 is 0 Å². The molecule has 0 fully saturated rings. The van der Waals surface area contributed by atoms with Gasteiger partial charge in [0.25, 0.3) is 0 Å². The van der Waals surface area contributed by atoms with E-state index in [0.717, 1.165) is 33.6 Å². The van der Waals surface area contributed by atoms with E-state index in [1.54, 1.807) is 0 Å². The first kappa shape index (κ1) is 21.2. The highest BCUT2D eigenvalue weighted by molar-refractivity contribution is 14.3. The first-order chi connectivity index (χ1) is 11.5. The number of pyridine rings is 1. The molecule has 0 aliphatic rings. The molecule has 0 spiro atoms. The molecule has 0 aliphatic carbocycles. The van der Waals surface area contributed by atoms with Gasteiger partial charge in [-0.1, -0.05) is 92.9 Å². The van der Waals surface area contributed by atoms with Crippen LogP contribution >= 0.6 is 95.5 Å². The third-order valence-electron chi connectivity index (χ3n) is 2.96. The average molecular weight is 742 g/mol. The molecule has 0 saturated carbocycles. The molecule has 0 N–H and O–H groups in total. The number of benzene rings is 1. The van der Waals surface area contributed by atoms with E-state index in [1.807, 2.05) is 40.6 Å². The normalized spacial score (nSPS) is 10.8. The number of aromatic nitrogens is 3. The third kappa shape index (κ3) is 6.23. The summed E-state index contributed by atoms with van der Waals surface area (Å²) in [5, 5.41) is 8.59. The van der Waals surface area contributed by atoms with Gasteiger partial charge in [0.1, 0.15) is -0.0619 Å². The van der Waals surface area contributed by atoms with E-state index in [9.17, 15) is 0 Å². The molecule has 0 radical (unpaired) electrons. The van der Waals surface area contributed by atoms with Crippen LogP contribution in [0.5, 0.6) is 0 Å². The van der Waals surface area contributed by atoms with Crippen molar-refractivity contribution in [3.63, 3.8) is 0 Å². The summed E-state index contributed by atoms with van der Waals surface area (Å²) in [6.07, 6.45) is 3.16. The van der Waals surface area contributed by atoms with E-state index < -0.39 is 0 Å². The van der Waals surface area contributed by atoms with Gasteiger partial charge in [0.05, 0.1) is 0 Å². The molecule has 1 aromatic carbocycles. The van der Waals surface area contributed by atoms with E-state index >= 15 is 0 Å². The summed E-state index contributed by atoms with van der Waals surface area (Å²) in [5.41, 5.74) is 2.00. The lowest BCUT2D eigenvalue weighted by molar-refractivity contribution is 1.09. The van der Waals surface area contributed by atoms with Crippen molar-refractivity contribution in [3.05, 3.63) is 47.1 Å². The maximum absolute atomic E-state index is 4.35. The first-order valence-electron chi connectivity index (χ1n) is 7.17. The van der Waals surface area contributed by atoms with E-state index in [4.69, 9.17) is 0 Å². The van der Waals surface area contributed by atoms with Crippen molar-refractivity contribution in [2.24, 2.45) is 0 Å². The van der Waals surface area contributed by atoms with Crippen molar-refractivity contribution in [3.8, 4) is 11.4 Å². The minimum Gasteiger partial charge on any atom is -0.281 e. The lowest BCUT2D eigenvalue weighted by Gasteiger charge is -2.07. The molecule has 0 unspecified atom stereocenters. The van der Waals surface area contributed by atoms with Gasteiger partial charge in [0.2, 0.25) is 0 Å². The second-order valence-electron chi connectivity index (χ2n) is 4.69. The Labute approximate surface area is 195 Å². The van der Waals surface area contributed by atoms with Crippen LogP contribution in [-0.2, 0) is 0 Å². The quantitative estimate of drug-likeness (QED) is 0.161. The highest BCUT2D eigenvalue weighted by atomic mass is 127. The summed E-state index contributed by atoms with van der Waals surface area (Å²) >= 11 is 12.3. The Bertz CT molecular complexity index is 792. The number of hydrogen-bond donors (Lipinski definition) is 0. The molecule has 24 heavy (non-hydrogen) atoms. The molecular weight excluding hydrogens is 727 g/mol. The molecule has 3 rings (SSSR count). The van der Waals surface area contributed by atoms with Gasteiger partial charge in [-0.3, -0.25) is 4.40 Å². The van der Waals surface area contributed by atoms with Crippen molar-refractivity contribution >= 4 is 101 Å². The van der Waals surface area contributed by atoms with E-state index in [2.05, 4.69) is 119 Å². The minimum absolute atomic E-state index is 0.743. The predicted octanol–water partition coefficient (Wildman–Crippen LogP) is 7.24. The van der Waals surface area contributed by atoms with Crippen LogP contribution in [0.25, 0.3) is 17.0 Å². The molecule has 0 amide bonds. The molecule has 0 aliphatic heterocycles. The molecule has 128 valence electrons. The molecule has 2 heterocycles. The van der Waals surface area contributed by atoms with Gasteiger partial charge in [-0.15, -0.1) is 22.0 Å². The monoisotopic (exact) mass is 741 g/mol. The van der Waals surface area contributed by atoms with Crippen LogP contribution in [0.4, 0.5) is 0 Å². The Morgan fingerprint density at radius 3 is 2.54 bits per heavy atom. The van der Waals surface area contributed by atoms with Gasteiger partial charge in [-0.25, -0.2) is 0 Å². The Morgan fingerprint density at radius 1 is 1.12 bits per heavy atom. The van der Waals surface area contributed by atoms with Crippen LogP contribution in [0.3, 0.4) is 0 Å². The topological polar surface area (TPSA) is 30.2 Å². The van der Waals surface area contributed by atoms with E-state index in [0.29, 0.717) is 0 Å². The maximum atomic E-state index is 4.35. The fourth-order valence-electron chi connectivity index (χ4n) is 2.04. The minimum atomic E-state index is 0.743. The van der Waals surface area contributed by atoms with Crippen LogP contribution < -0.4 is 0 Å². The lowest BCUT2D eigenvalue weighted by atomic mass is 10.2. The number of halogens is 4. The van der Waals surface area contributed by atoms with Crippen molar-refractivity contribution in [1.82, 2.24) is 14.6 Å². The first-order valence-corrected chi connectivity index (χ1v) is 12.7. The van der Waals surface area contributed by atoms with Crippen molar-refractivity contribution in [1.29, 1.82) is 0 Å². The van der Waals surface area contributed by atoms with E-state index in [-0.39, 0.29) is 0 Å². The summed E-state index contributed by atoms with van der Waals surface area (Å²) < 4.78 is 3.78. The Morgan fingerprint density at radius 2 is 1.83 bits per heavy atom.